The molecule has 1 saturated heterocycles. The molecule has 0 bridgehead atoms. The number of rotatable bonds is 8. The summed E-state index contributed by atoms with van der Waals surface area (Å²) in [6.07, 6.45) is 3.24. The number of aryl methyl sites for hydroxylation is 1. The van der Waals surface area contributed by atoms with Crippen LogP contribution in [-0.2, 0) is 16.0 Å². The number of hydrogen-bond donors (Lipinski definition) is 2. The van der Waals surface area contributed by atoms with Crippen molar-refractivity contribution in [3.63, 3.8) is 0 Å². The van der Waals surface area contributed by atoms with E-state index in [-0.39, 0.29) is 30.7 Å². The molecule has 1 aliphatic heterocycles. The van der Waals surface area contributed by atoms with Crippen LogP contribution < -0.4 is 10.2 Å². The molecule has 0 radical (unpaired) electrons. The highest BCUT2D eigenvalue weighted by Gasteiger charge is 2.40. The third-order valence-electron chi connectivity index (χ3n) is 8.13. The lowest BCUT2D eigenvalue weighted by Gasteiger charge is -2.20. The third kappa shape index (κ3) is 5.87. The summed E-state index contributed by atoms with van der Waals surface area (Å²) in [7, 11) is 1.71. The molecule has 5 aromatic rings. The maximum absolute atomic E-state index is 13.2. The molecule has 10 heteroatoms. The van der Waals surface area contributed by atoms with Crippen molar-refractivity contribution in [1.82, 2.24) is 14.9 Å². The Kier molecular flexibility index (Phi) is 7.80. The molecule has 2 aromatic heterocycles. The molecule has 44 heavy (non-hydrogen) atoms. The Bertz CT molecular complexity index is 1840. The van der Waals surface area contributed by atoms with Gasteiger partial charge in [-0.1, -0.05) is 36.4 Å². The number of carbonyl (C=O) groups is 3. The maximum Gasteiger partial charge on any atom is 0.308 e. The Labute approximate surface area is 254 Å². The fourth-order valence-electron chi connectivity index (χ4n) is 5.58. The molecular formula is C34H31N5O5. The number of para-hydroxylation sites is 1. The lowest BCUT2D eigenvalue weighted by molar-refractivity contribution is -0.141. The zero-order valence-corrected chi connectivity index (χ0v) is 24.3. The molecule has 2 unspecified atom stereocenters. The quantitative estimate of drug-likeness (QED) is 0.246. The molecule has 0 saturated carbocycles. The van der Waals surface area contributed by atoms with Crippen LogP contribution in [0, 0.1) is 12.8 Å². The summed E-state index contributed by atoms with van der Waals surface area (Å²) < 4.78 is 5.91. The fourth-order valence-corrected chi connectivity index (χ4v) is 5.58. The second kappa shape index (κ2) is 12.0. The van der Waals surface area contributed by atoms with E-state index in [1.807, 2.05) is 73.7 Å². The van der Waals surface area contributed by atoms with Gasteiger partial charge in [-0.3, -0.25) is 19.4 Å². The summed E-state index contributed by atoms with van der Waals surface area (Å²) in [5.41, 5.74) is 6.00. The monoisotopic (exact) mass is 589 g/mol. The lowest BCUT2D eigenvalue weighted by Crippen LogP contribution is -2.29. The Morgan fingerprint density at radius 2 is 1.75 bits per heavy atom. The first-order valence-corrected chi connectivity index (χ1v) is 14.3. The molecule has 2 N–H and O–H groups in total. The zero-order valence-electron chi connectivity index (χ0n) is 24.3. The molecular weight excluding hydrogens is 558 g/mol. The molecule has 1 fully saturated rings. The highest BCUT2D eigenvalue weighted by molar-refractivity contribution is 5.95. The van der Waals surface area contributed by atoms with Crippen LogP contribution in [0.15, 0.2) is 95.7 Å². The van der Waals surface area contributed by atoms with E-state index in [9.17, 15) is 19.5 Å². The number of nitrogens with one attached hydrogen (secondary N) is 1. The van der Waals surface area contributed by atoms with Gasteiger partial charge in [0.25, 0.3) is 11.9 Å². The summed E-state index contributed by atoms with van der Waals surface area (Å²) in [6, 6.07) is 24.3. The standard InChI is InChI=1S/C34H31N5O5/c1-21-5-3-4-6-28(21)36-34-37-29-12-7-22(17-30(29)44-34)18-31(40)38(2)25-10-8-23(9-11-25)26-19-39(20-27(26)33(42)43)32(41)24-13-15-35-16-14-24/h3-17,26-27H,18-20H2,1-2H3,(H,36,37)(H,42,43). The van der Waals surface area contributed by atoms with Crippen LogP contribution in [0.5, 0.6) is 0 Å². The smallest absolute Gasteiger partial charge is 0.308 e. The number of carboxylic acids is 1. The number of aliphatic carboxylic acids is 1. The van der Waals surface area contributed by atoms with Gasteiger partial charge in [0.15, 0.2) is 5.58 Å². The van der Waals surface area contributed by atoms with Crippen molar-refractivity contribution >= 4 is 46.3 Å². The van der Waals surface area contributed by atoms with Crippen molar-refractivity contribution in [3.8, 4) is 0 Å². The molecule has 6 rings (SSSR count). The first-order chi connectivity index (χ1) is 21.3. The molecule has 0 aliphatic carbocycles. The summed E-state index contributed by atoms with van der Waals surface area (Å²) in [5.74, 6) is -2.38. The lowest BCUT2D eigenvalue weighted by atomic mass is 9.89. The minimum absolute atomic E-state index is 0.117. The number of hydrogen-bond acceptors (Lipinski definition) is 7. The van der Waals surface area contributed by atoms with Crippen LogP contribution in [0.2, 0.25) is 0 Å². The Morgan fingerprint density at radius 1 is 1.00 bits per heavy atom. The molecule has 10 nitrogen and oxygen atoms in total. The predicted octanol–water partition coefficient (Wildman–Crippen LogP) is 5.42. The first-order valence-electron chi connectivity index (χ1n) is 14.3. The average molecular weight is 590 g/mol. The van der Waals surface area contributed by atoms with E-state index in [1.54, 1.807) is 41.4 Å². The van der Waals surface area contributed by atoms with Crippen LogP contribution in [0.3, 0.4) is 0 Å². The van der Waals surface area contributed by atoms with Gasteiger partial charge in [0.2, 0.25) is 5.91 Å². The number of aromatic nitrogens is 2. The van der Waals surface area contributed by atoms with E-state index in [0.717, 1.165) is 22.4 Å². The van der Waals surface area contributed by atoms with Crippen molar-refractivity contribution in [3.05, 3.63) is 114 Å². The van der Waals surface area contributed by atoms with Gasteiger partial charge in [0.05, 0.1) is 12.3 Å². The molecule has 3 aromatic carbocycles. The van der Waals surface area contributed by atoms with Gasteiger partial charge >= 0.3 is 5.97 Å². The van der Waals surface area contributed by atoms with Crippen LogP contribution in [0.25, 0.3) is 11.1 Å². The Balaban J connectivity index is 1.12. The average Bonchev–Trinajstić information content (AvgIpc) is 3.66. The summed E-state index contributed by atoms with van der Waals surface area (Å²) in [5, 5.41) is 13.1. The van der Waals surface area contributed by atoms with Crippen molar-refractivity contribution < 1.29 is 23.9 Å². The second-order valence-electron chi connectivity index (χ2n) is 11.0. The van der Waals surface area contributed by atoms with E-state index in [2.05, 4.69) is 15.3 Å². The van der Waals surface area contributed by atoms with E-state index in [0.29, 0.717) is 34.9 Å². The van der Waals surface area contributed by atoms with E-state index >= 15 is 0 Å². The number of oxazole rings is 1. The number of nitrogens with zero attached hydrogens (tertiary/aromatic N) is 4. The van der Waals surface area contributed by atoms with Gasteiger partial charge in [0, 0.05) is 55.4 Å². The Hall–Kier alpha value is -5.51. The van der Waals surface area contributed by atoms with Crippen LogP contribution in [0.4, 0.5) is 17.4 Å². The number of fused-ring (bicyclic) bond motifs is 1. The van der Waals surface area contributed by atoms with Gasteiger partial charge in [-0.25, -0.2) is 0 Å². The number of pyridine rings is 1. The van der Waals surface area contributed by atoms with Gasteiger partial charge in [0.1, 0.15) is 5.52 Å². The van der Waals surface area contributed by atoms with E-state index in [1.165, 1.54) is 0 Å². The molecule has 1 aliphatic rings. The normalized spacial score (nSPS) is 16.2. The number of carboxylic acid groups (broad SMARTS) is 1. The largest absolute Gasteiger partial charge is 0.481 e. The van der Waals surface area contributed by atoms with Crippen molar-refractivity contribution in [2.24, 2.45) is 5.92 Å². The van der Waals surface area contributed by atoms with Gasteiger partial charge in [-0.2, -0.15) is 4.98 Å². The molecule has 2 atom stereocenters. The van der Waals surface area contributed by atoms with Crippen molar-refractivity contribution in [2.45, 2.75) is 19.3 Å². The summed E-state index contributed by atoms with van der Waals surface area (Å²) in [6.45, 7) is 2.42. The molecule has 0 spiro atoms. The van der Waals surface area contributed by atoms with E-state index in [4.69, 9.17) is 4.42 Å². The van der Waals surface area contributed by atoms with Crippen LogP contribution >= 0.6 is 0 Å². The third-order valence-corrected chi connectivity index (χ3v) is 8.13. The number of amides is 2. The SMILES string of the molecule is Cc1ccccc1Nc1nc2ccc(CC(=O)N(C)c3ccc(C4CN(C(=O)c5ccncc5)CC4C(=O)O)cc3)cc2o1. The minimum atomic E-state index is -0.946. The molecule has 222 valence electrons. The minimum Gasteiger partial charge on any atom is -0.481 e. The van der Waals surface area contributed by atoms with Gasteiger partial charge < -0.3 is 24.6 Å². The van der Waals surface area contributed by atoms with Gasteiger partial charge in [-0.05, 0) is 66.1 Å². The number of carbonyl (C=O) groups excluding carboxylic acids is 2. The number of anilines is 3. The van der Waals surface area contributed by atoms with Gasteiger partial charge in [-0.15, -0.1) is 0 Å². The molecule has 3 heterocycles. The summed E-state index contributed by atoms with van der Waals surface area (Å²) >= 11 is 0. The summed E-state index contributed by atoms with van der Waals surface area (Å²) in [4.78, 5) is 49.9. The zero-order chi connectivity index (χ0) is 30.8. The van der Waals surface area contributed by atoms with E-state index < -0.39 is 11.9 Å². The predicted molar refractivity (Wildman–Crippen MR) is 166 cm³/mol. The maximum atomic E-state index is 13.2. The number of likely N-dealkylation sites (tertiary alicyclic amines) is 1. The number of likely N-dealkylation sites (N-methyl/N-ethyl adjacent to an activating group) is 1. The molecule has 2 amide bonds. The first kappa shape index (κ1) is 28.6. The van der Waals surface area contributed by atoms with Crippen molar-refractivity contribution in [1.29, 1.82) is 0 Å². The van der Waals surface area contributed by atoms with Crippen LogP contribution in [0.1, 0.15) is 33.0 Å². The topological polar surface area (TPSA) is 129 Å². The highest BCUT2D eigenvalue weighted by atomic mass is 16.4. The van der Waals surface area contributed by atoms with Crippen molar-refractivity contribution in [2.75, 3.05) is 30.4 Å². The van der Waals surface area contributed by atoms with Crippen LogP contribution in [-0.4, -0.2) is 57.9 Å². The second-order valence-corrected chi connectivity index (χ2v) is 11.0. The number of benzene rings is 3. The fraction of sp³-hybridized carbons (Fsp3) is 0.206. The Morgan fingerprint density at radius 3 is 2.48 bits per heavy atom. The highest BCUT2D eigenvalue weighted by Crippen LogP contribution is 2.35.